The normalized spacial score (nSPS) is 14.6. The van der Waals surface area contributed by atoms with E-state index in [1.807, 2.05) is 53.4 Å². The Morgan fingerprint density at radius 2 is 1.79 bits per heavy atom. The van der Waals surface area contributed by atoms with Crippen LogP contribution >= 0.6 is 11.6 Å². The summed E-state index contributed by atoms with van der Waals surface area (Å²) in [6.07, 6.45) is 0. The maximum absolute atomic E-state index is 12.3. The third-order valence-electron chi connectivity index (χ3n) is 4.24. The van der Waals surface area contributed by atoms with Crippen molar-refractivity contribution in [2.75, 3.05) is 37.7 Å². The van der Waals surface area contributed by atoms with Crippen molar-refractivity contribution in [3.05, 3.63) is 59.1 Å². The first-order valence-electron chi connectivity index (χ1n) is 8.10. The molecule has 2 aromatic rings. The molecule has 2 aromatic carbocycles. The smallest absolute Gasteiger partial charge is 0.260 e. The summed E-state index contributed by atoms with van der Waals surface area (Å²) < 4.78 is 5.55. The zero-order valence-electron chi connectivity index (χ0n) is 13.7. The topological polar surface area (TPSA) is 32.8 Å². The van der Waals surface area contributed by atoms with E-state index in [9.17, 15) is 4.79 Å². The number of para-hydroxylation sites is 1. The molecule has 126 valence electrons. The maximum Gasteiger partial charge on any atom is 0.260 e. The lowest BCUT2D eigenvalue weighted by atomic mass is 10.1. The van der Waals surface area contributed by atoms with Gasteiger partial charge in [0.05, 0.1) is 0 Å². The van der Waals surface area contributed by atoms with Crippen LogP contribution in [0.2, 0.25) is 5.02 Å². The van der Waals surface area contributed by atoms with Crippen molar-refractivity contribution in [1.82, 2.24) is 4.90 Å². The Labute approximate surface area is 147 Å². The molecule has 0 unspecified atom stereocenters. The van der Waals surface area contributed by atoms with Gasteiger partial charge in [-0.15, -0.1) is 0 Å². The Hall–Kier alpha value is -2.20. The quantitative estimate of drug-likeness (QED) is 0.852. The van der Waals surface area contributed by atoms with Gasteiger partial charge in [-0.05, 0) is 42.8 Å². The number of benzene rings is 2. The van der Waals surface area contributed by atoms with Gasteiger partial charge in [-0.2, -0.15) is 0 Å². The number of nitrogens with zero attached hydrogens (tertiary/aromatic N) is 2. The molecule has 24 heavy (non-hydrogen) atoms. The predicted octanol–water partition coefficient (Wildman–Crippen LogP) is 3.38. The van der Waals surface area contributed by atoms with Gasteiger partial charge in [0, 0.05) is 36.9 Å². The highest BCUT2D eigenvalue weighted by atomic mass is 35.5. The highest BCUT2D eigenvalue weighted by Crippen LogP contribution is 2.24. The SMILES string of the molecule is Cc1cc(Cl)ccc1N1CCN(C(=O)COc2ccccc2)CC1. The van der Waals surface area contributed by atoms with E-state index in [-0.39, 0.29) is 12.5 Å². The van der Waals surface area contributed by atoms with Crippen LogP contribution in [0.3, 0.4) is 0 Å². The van der Waals surface area contributed by atoms with Crippen LogP contribution in [-0.2, 0) is 4.79 Å². The lowest BCUT2D eigenvalue weighted by Crippen LogP contribution is -2.50. The van der Waals surface area contributed by atoms with Gasteiger partial charge >= 0.3 is 0 Å². The molecule has 1 amide bonds. The van der Waals surface area contributed by atoms with E-state index in [0.717, 1.165) is 29.4 Å². The fourth-order valence-electron chi connectivity index (χ4n) is 2.92. The molecule has 0 radical (unpaired) electrons. The number of halogens is 1. The fraction of sp³-hybridized carbons (Fsp3) is 0.316. The summed E-state index contributed by atoms with van der Waals surface area (Å²) in [5.41, 5.74) is 2.35. The van der Waals surface area contributed by atoms with E-state index >= 15 is 0 Å². The molecule has 0 aromatic heterocycles. The minimum absolute atomic E-state index is 0.0336. The first-order valence-corrected chi connectivity index (χ1v) is 8.48. The van der Waals surface area contributed by atoms with Gasteiger partial charge in [-0.3, -0.25) is 4.79 Å². The summed E-state index contributed by atoms with van der Waals surface area (Å²) in [7, 11) is 0. The Morgan fingerprint density at radius 3 is 2.46 bits per heavy atom. The molecule has 4 nitrogen and oxygen atoms in total. The molecule has 1 aliphatic rings. The number of piperazine rings is 1. The number of amides is 1. The number of aryl methyl sites for hydroxylation is 1. The Morgan fingerprint density at radius 1 is 1.08 bits per heavy atom. The van der Waals surface area contributed by atoms with E-state index in [0.29, 0.717) is 13.1 Å². The Kier molecular flexibility index (Phi) is 5.26. The number of hydrogen-bond acceptors (Lipinski definition) is 3. The van der Waals surface area contributed by atoms with Crippen molar-refractivity contribution in [2.45, 2.75) is 6.92 Å². The highest BCUT2D eigenvalue weighted by molar-refractivity contribution is 6.30. The van der Waals surface area contributed by atoms with Crippen LogP contribution in [-0.4, -0.2) is 43.6 Å². The van der Waals surface area contributed by atoms with Crippen molar-refractivity contribution in [2.24, 2.45) is 0 Å². The highest BCUT2D eigenvalue weighted by Gasteiger charge is 2.22. The van der Waals surface area contributed by atoms with Gasteiger partial charge in [0.25, 0.3) is 5.91 Å². The van der Waals surface area contributed by atoms with E-state index in [1.54, 1.807) is 0 Å². The van der Waals surface area contributed by atoms with Gasteiger partial charge in [0.1, 0.15) is 5.75 Å². The van der Waals surface area contributed by atoms with Crippen LogP contribution in [0, 0.1) is 6.92 Å². The number of carbonyl (C=O) groups excluding carboxylic acids is 1. The van der Waals surface area contributed by atoms with Crippen LogP contribution in [0.4, 0.5) is 5.69 Å². The third-order valence-corrected chi connectivity index (χ3v) is 4.47. The zero-order chi connectivity index (χ0) is 16.9. The van der Waals surface area contributed by atoms with Crippen LogP contribution in [0.25, 0.3) is 0 Å². The average molecular weight is 345 g/mol. The fourth-order valence-corrected chi connectivity index (χ4v) is 3.15. The number of ether oxygens (including phenoxy) is 1. The second-order valence-corrected chi connectivity index (χ2v) is 6.34. The molecule has 1 heterocycles. The second kappa shape index (κ2) is 7.58. The summed E-state index contributed by atoms with van der Waals surface area (Å²) in [4.78, 5) is 16.5. The molecule has 0 bridgehead atoms. The average Bonchev–Trinajstić information content (AvgIpc) is 2.61. The zero-order valence-corrected chi connectivity index (χ0v) is 14.5. The van der Waals surface area contributed by atoms with Gasteiger partial charge in [0.15, 0.2) is 6.61 Å². The number of rotatable bonds is 4. The van der Waals surface area contributed by atoms with Gasteiger partial charge in [-0.25, -0.2) is 0 Å². The van der Waals surface area contributed by atoms with Crippen molar-refractivity contribution in [3.63, 3.8) is 0 Å². The minimum Gasteiger partial charge on any atom is -0.484 e. The molecule has 1 fully saturated rings. The first kappa shape index (κ1) is 16.7. The van der Waals surface area contributed by atoms with E-state index < -0.39 is 0 Å². The summed E-state index contributed by atoms with van der Waals surface area (Å²) in [5.74, 6) is 0.757. The second-order valence-electron chi connectivity index (χ2n) is 5.90. The molecule has 0 spiro atoms. The van der Waals surface area contributed by atoms with Crippen LogP contribution < -0.4 is 9.64 Å². The third kappa shape index (κ3) is 4.01. The molecule has 1 aliphatic heterocycles. The van der Waals surface area contributed by atoms with Crippen molar-refractivity contribution in [1.29, 1.82) is 0 Å². The van der Waals surface area contributed by atoms with Crippen molar-refractivity contribution in [3.8, 4) is 5.75 Å². The van der Waals surface area contributed by atoms with Crippen LogP contribution in [0.1, 0.15) is 5.56 Å². The van der Waals surface area contributed by atoms with Crippen LogP contribution in [0.5, 0.6) is 5.75 Å². The number of hydrogen-bond donors (Lipinski definition) is 0. The molecule has 0 saturated carbocycles. The van der Waals surface area contributed by atoms with Crippen molar-refractivity contribution >= 4 is 23.2 Å². The lowest BCUT2D eigenvalue weighted by molar-refractivity contribution is -0.133. The molecule has 0 N–H and O–H groups in total. The Bertz CT molecular complexity index is 698. The molecular formula is C19H21ClN2O2. The largest absolute Gasteiger partial charge is 0.484 e. The summed E-state index contributed by atoms with van der Waals surface area (Å²) in [6.45, 7) is 5.20. The maximum atomic E-state index is 12.3. The standard InChI is InChI=1S/C19H21ClN2O2/c1-15-13-16(20)7-8-18(15)21-9-11-22(12-10-21)19(23)14-24-17-5-3-2-4-6-17/h2-8,13H,9-12,14H2,1H3. The monoisotopic (exact) mass is 344 g/mol. The molecule has 3 rings (SSSR count). The van der Waals surface area contributed by atoms with E-state index in [4.69, 9.17) is 16.3 Å². The summed E-state index contributed by atoms with van der Waals surface area (Å²) >= 11 is 6.02. The number of carbonyl (C=O) groups is 1. The number of anilines is 1. The van der Waals surface area contributed by atoms with Gasteiger partial charge in [0.2, 0.25) is 0 Å². The minimum atomic E-state index is 0.0336. The Balaban J connectivity index is 1.52. The molecule has 0 atom stereocenters. The van der Waals surface area contributed by atoms with Gasteiger partial charge in [-0.1, -0.05) is 29.8 Å². The van der Waals surface area contributed by atoms with Crippen LogP contribution in [0.15, 0.2) is 48.5 Å². The van der Waals surface area contributed by atoms with E-state index in [2.05, 4.69) is 11.8 Å². The first-order chi connectivity index (χ1) is 11.6. The van der Waals surface area contributed by atoms with Crippen molar-refractivity contribution < 1.29 is 9.53 Å². The van der Waals surface area contributed by atoms with E-state index in [1.165, 1.54) is 5.69 Å². The predicted molar refractivity (Wildman–Crippen MR) is 96.9 cm³/mol. The lowest BCUT2D eigenvalue weighted by Gasteiger charge is -2.36. The molecular weight excluding hydrogens is 324 g/mol. The molecule has 5 heteroatoms. The summed E-state index contributed by atoms with van der Waals surface area (Å²) in [5, 5.41) is 0.753. The van der Waals surface area contributed by atoms with Gasteiger partial charge < -0.3 is 14.5 Å². The summed E-state index contributed by atoms with van der Waals surface area (Å²) in [6, 6.07) is 15.4. The molecule has 1 saturated heterocycles. The molecule has 0 aliphatic carbocycles.